The zero-order chi connectivity index (χ0) is 7.90. The largest absolute Gasteiger partial charge is 0.319 e. The second-order valence-corrected chi connectivity index (χ2v) is 3.58. The lowest BCUT2D eigenvalue weighted by Crippen LogP contribution is -2.32. The summed E-state index contributed by atoms with van der Waals surface area (Å²) in [5.41, 5.74) is 7.31. The minimum atomic E-state index is -0.561. The molecule has 0 radical (unpaired) electrons. The molecular weight excluding hydrogens is 160 g/mol. The molecule has 0 unspecified atom stereocenters. The number of hydrogen-bond acceptors (Lipinski definition) is 4. The van der Waals surface area contributed by atoms with Crippen molar-refractivity contribution in [3.8, 4) is 0 Å². The van der Waals surface area contributed by atoms with E-state index in [1.165, 1.54) is 11.3 Å². The van der Waals surface area contributed by atoms with E-state index in [1.54, 1.807) is 10.9 Å². The molecule has 0 saturated heterocycles. The minimum Gasteiger partial charge on any atom is -0.319 e. The third-order valence-corrected chi connectivity index (χ3v) is 2.49. The molecule has 3 nitrogen and oxygen atoms in total. The highest BCUT2D eigenvalue weighted by Gasteiger charge is 2.46. The standard InChI is InChI=1S/C7H8N2OS/c8-7(1-2-7)6(10)5-3-11-4-9-5/h3-4H,1-2,8H2. The molecule has 1 aromatic rings. The summed E-state index contributed by atoms with van der Waals surface area (Å²) in [7, 11) is 0. The van der Waals surface area contributed by atoms with Gasteiger partial charge in [0.1, 0.15) is 5.69 Å². The molecule has 1 aliphatic rings. The molecule has 0 amide bonds. The lowest BCUT2D eigenvalue weighted by Gasteiger charge is -2.02. The van der Waals surface area contributed by atoms with Gasteiger partial charge in [0.15, 0.2) is 0 Å². The highest BCUT2D eigenvalue weighted by Crippen LogP contribution is 2.35. The summed E-state index contributed by atoms with van der Waals surface area (Å²) >= 11 is 1.42. The summed E-state index contributed by atoms with van der Waals surface area (Å²) in [5, 5.41) is 1.75. The van der Waals surface area contributed by atoms with Gasteiger partial charge in [-0.15, -0.1) is 11.3 Å². The first-order valence-corrected chi connectivity index (χ1v) is 4.38. The fourth-order valence-electron chi connectivity index (χ4n) is 0.941. The van der Waals surface area contributed by atoms with Crippen LogP contribution in [0.2, 0.25) is 0 Å². The average Bonchev–Trinajstić information content (AvgIpc) is 2.54. The second-order valence-electron chi connectivity index (χ2n) is 2.86. The van der Waals surface area contributed by atoms with Crippen LogP contribution in [0, 0.1) is 0 Å². The van der Waals surface area contributed by atoms with Gasteiger partial charge in [0.05, 0.1) is 11.0 Å². The molecule has 0 atom stereocenters. The van der Waals surface area contributed by atoms with Crippen LogP contribution in [0.15, 0.2) is 10.9 Å². The predicted molar refractivity (Wildman–Crippen MR) is 42.6 cm³/mol. The van der Waals surface area contributed by atoms with Crippen LogP contribution in [0.5, 0.6) is 0 Å². The summed E-state index contributed by atoms with van der Waals surface area (Å²) in [6.07, 6.45) is 1.62. The van der Waals surface area contributed by atoms with Crippen molar-refractivity contribution in [3.05, 3.63) is 16.6 Å². The fraction of sp³-hybridized carbons (Fsp3) is 0.429. The lowest BCUT2D eigenvalue weighted by molar-refractivity contribution is 0.0945. The maximum absolute atomic E-state index is 11.4. The van der Waals surface area contributed by atoms with E-state index >= 15 is 0 Å². The van der Waals surface area contributed by atoms with Gasteiger partial charge in [0.2, 0.25) is 5.78 Å². The average molecular weight is 168 g/mol. The van der Waals surface area contributed by atoms with Crippen molar-refractivity contribution in [2.24, 2.45) is 5.73 Å². The number of thiazole rings is 1. The molecule has 0 bridgehead atoms. The van der Waals surface area contributed by atoms with E-state index in [2.05, 4.69) is 4.98 Å². The molecule has 1 heterocycles. The molecule has 0 aromatic carbocycles. The third-order valence-electron chi connectivity index (χ3n) is 1.91. The zero-order valence-electron chi connectivity index (χ0n) is 5.91. The first kappa shape index (κ1) is 6.94. The van der Waals surface area contributed by atoms with Crippen molar-refractivity contribution in [2.75, 3.05) is 0 Å². The van der Waals surface area contributed by atoms with E-state index in [-0.39, 0.29) is 5.78 Å². The quantitative estimate of drug-likeness (QED) is 0.665. The number of aromatic nitrogens is 1. The summed E-state index contributed by atoms with van der Waals surface area (Å²) < 4.78 is 0. The normalized spacial score (nSPS) is 19.7. The highest BCUT2D eigenvalue weighted by molar-refractivity contribution is 7.07. The third kappa shape index (κ3) is 1.08. The number of carbonyl (C=O) groups excluding carboxylic acids is 1. The van der Waals surface area contributed by atoms with E-state index in [0.29, 0.717) is 5.69 Å². The minimum absolute atomic E-state index is 0.00116. The fourth-order valence-corrected chi connectivity index (χ4v) is 1.47. The topological polar surface area (TPSA) is 56.0 Å². The van der Waals surface area contributed by atoms with E-state index in [9.17, 15) is 4.79 Å². The monoisotopic (exact) mass is 168 g/mol. The van der Waals surface area contributed by atoms with Crippen molar-refractivity contribution in [2.45, 2.75) is 18.4 Å². The van der Waals surface area contributed by atoms with Crippen LogP contribution in [0.25, 0.3) is 0 Å². The van der Waals surface area contributed by atoms with Gasteiger partial charge >= 0.3 is 0 Å². The molecule has 1 fully saturated rings. The Balaban J connectivity index is 2.24. The Morgan fingerprint density at radius 2 is 2.45 bits per heavy atom. The van der Waals surface area contributed by atoms with Crippen LogP contribution in [0.3, 0.4) is 0 Å². The van der Waals surface area contributed by atoms with Crippen LogP contribution >= 0.6 is 11.3 Å². The van der Waals surface area contributed by atoms with Gasteiger partial charge < -0.3 is 5.73 Å². The van der Waals surface area contributed by atoms with Gasteiger partial charge in [-0.2, -0.15) is 0 Å². The molecule has 11 heavy (non-hydrogen) atoms. The Morgan fingerprint density at radius 1 is 1.73 bits per heavy atom. The first-order valence-electron chi connectivity index (χ1n) is 3.44. The van der Waals surface area contributed by atoms with Crippen molar-refractivity contribution >= 4 is 17.1 Å². The molecule has 2 N–H and O–H groups in total. The number of Topliss-reactive ketones (excluding diaryl/α,β-unsaturated/α-hetero) is 1. The van der Waals surface area contributed by atoms with Gasteiger partial charge in [-0.1, -0.05) is 0 Å². The van der Waals surface area contributed by atoms with Crippen LogP contribution in [0.4, 0.5) is 0 Å². The summed E-state index contributed by atoms with van der Waals surface area (Å²) in [5.74, 6) is -0.00116. The molecule has 58 valence electrons. The van der Waals surface area contributed by atoms with E-state index in [4.69, 9.17) is 5.73 Å². The Labute approximate surface area is 68.2 Å². The molecule has 4 heteroatoms. The molecular formula is C7H8N2OS. The maximum Gasteiger partial charge on any atom is 0.201 e. The smallest absolute Gasteiger partial charge is 0.201 e. The molecule has 0 aliphatic heterocycles. The summed E-state index contributed by atoms with van der Waals surface area (Å²) in [6.45, 7) is 0. The molecule has 1 aliphatic carbocycles. The number of nitrogens with two attached hydrogens (primary N) is 1. The molecule has 1 aromatic heterocycles. The maximum atomic E-state index is 11.4. The van der Waals surface area contributed by atoms with E-state index in [0.717, 1.165) is 12.8 Å². The van der Waals surface area contributed by atoms with E-state index in [1.807, 2.05) is 0 Å². The SMILES string of the molecule is NC1(C(=O)c2cscn2)CC1. The highest BCUT2D eigenvalue weighted by atomic mass is 32.1. The zero-order valence-corrected chi connectivity index (χ0v) is 6.73. The molecule has 2 rings (SSSR count). The number of carbonyl (C=O) groups is 1. The van der Waals surface area contributed by atoms with Crippen molar-refractivity contribution in [1.82, 2.24) is 4.98 Å². The Bertz CT molecular complexity index is 277. The van der Waals surface area contributed by atoms with Crippen molar-refractivity contribution < 1.29 is 4.79 Å². The second kappa shape index (κ2) is 2.12. The van der Waals surface area contributed by atoms with Gasteiger partial charge in [0, 0.05) is 5.38 Å². The van der Waals surface area contributed by atoms with E-state index < -0.39 is 5.54 Å². The van der Waals surface area contributed by atoms with Gasteiger partial charge in [-0.05, 0) is 12.8 Å². The Morgan fingerprint density at radius 3 is 2.91 bits per heavy atom. The number of rotatable bonds is 2. The summed E-state index contributed by atoms with van der Waals surface area (Å²) in [4.78, 5) is 15.3. The lowest BCUT2D eigenvalue weighted by atomic mass is 10.1. The van der Waals surface area contributed by atoms with Crippen molar-refractivity contribution in [1.29, 1.82) is 0 Å². The molecule has 1 saturated carbocycles. The molecule has 0 spiro atoms. The van der Waals surface area contributed by atoms with Crippen LogP contribution in [0.1, 0.15) is 23.3 Å². The van der Waals surface area contributed by atoms with Gasteiger partial charge in [-0.25, -0.2) is 4.98 Å². The van der Waals surface area contributed by atoms with Crippen molar-refractivity contribution in [3.63, 3.8) is 0 Å². The first-order chi connectivity index (χ1) is 5.22. The van der Waals surface area contributed by atoms with Crippen LogP contribution in [-0.4, -0.2) is 16.3 Å². The number of ketones is 1. The number of hydrogen-bond donors (Lipinski definition) is 1. The van der Waals surface area contributed by atoms with Gasteiger partial charge in [0.25, 0.3) is 0 Å². The van der Waals surface area contributed by atoms with Crippen LogP contribution < -0.4 is 5.73 Å². The number of nitrogens with zero attached hydrogens (tertiary/aromatic N) is 1. The Kier molecular flexibility index (Phi) is 1.34. The predicted octanol–water partition coefficient (Wildman–Crippen LogP) is 0.817. The van der Waals surface area contributed by atoms with Crippen LogP contribution in [-0.2, 0) is 0 Å². The Hall–Kier alpha value is -0.740. The summed E-state index contributed by atoms with van der Waals surface area (Å²) in [6, 6.07) is 0. The van der Waals surface area contributed by atoms with Gasteiger partial charge in [-0.3, -0.25) is 4.79 Å².